The lowest BCUT2D eigenvalue weighted by molar-refractivity contribution is -0.158. The van der Waals surface area contributed by atoms with Crippen molar-refractivity contribution in [2.45, 2.75) is 45.6 Å². The van der Waals surface area contributed by atoms with Gasteiger partial charge in [0.15, 0.2) is 6.10 Å². The zero-order valence-corrected chi connectivity index (χ0v) is 17.0. The molecular weight excluding hydrogens is 390 g/mol. The van der Waals surface area contributed by atoms with Gasteiger partial charge in [-0.15, -0.1) is 0 Å². The number of imide groups is 1. The van der Waals surface area contributed by atoms with Crippen LogP contribution in [0.25, 0.3) is 0 Å². The maximum absolute atomic E-state index is 12.4. The maximum atomic E-state index is 12.4. The number of carbonyl (C=O) groups is 5. The first-order chi connectivity index (χ1) is 14.3. The van der Waals surface area contributed by atoms with Gasteiger partial charge >= 0.3 is 5.97 Å². The standard InChI is InChI=1S/C21H25N3O6/c1-12(19(27)23-15-9-7-14(8-10-15)22-13(2)25)30-18(26)11-24-20(28)16-5-3-4-6-17(16)21(24)29/h7-10,12,16-17H,3-6,11H2,1-2H3,(H,22,25)(H,23,27)/t12-,16+,17+/m1/s1. The van der Waals surface area contributed by atoms with Crippen LogP contribution in [0.15, 0.2) is 24.3 Å². The molecule has 160 valence electrons. The van der Waals surface area contributed by atoms with Crippen molar-refractivity contribution < 1.29 is 28.7 Å². The molecule has 2 N–H and O–H groups in total. The number of esters is 1. The normalized spacial score (nSPS) is 21.6. The van der Waals surface area contributed by atoms with E-state index in [-0.39, 0.29) is 29.6 Å². The minimum Gasteiger partial charge on any atom is -0.451 e. The third kappa shape index (κ3) is 4.84. The number of fused-ring (bicyclic) bond motifs is 1. The van der Waals surface area contributed by atoms with Crippen LogP contribution < -0.4 is 10.6 Å². The number of nitrogens with zero attached hydrogens (tertiary/aromatic N) is 1. The van der Waals surface area contributed by atoms with Crippen molar-refractivity contribution in [2.75, 3.05) is 17.2 Å². The van der Waals surface area contributed by atoms with Gasteiger partial charge in [0.1, 0.15) is 6.54 Å². The predicted octanol–water partition coefficient (Wildman–Crippen LogP) is 1.69. The average molecular weight is 415 g/mol. The third-order valence-corrected chi connectivity index (χ3v) is 5.37. The van der Waals surface area contributed by atoms with Crippen molar-refractivity contribution in [3.8, 4) is 0 Å². The van der Waals surface area contributed by atoms with Gasteiger partial charge in [0.2, 0.25) is 17.7 Å². The Morgan fingerprint density at radius 1 is 1.00 bits per heavy atom. The summed E-state index contributed by atoms with van der Waals surface area (Å²) in [5.74, 6) is -2.87. The molecule has 1 heterocycles. The fourth-order valence-corrected chi connectivity index (χ4v) is 3.89. The van der Waals surface area contributed by atoms with Crippen molar-refractivity contribution in [1.29, 1.82) is 0 Å². The van der Waals surface area contributed by atoms with Crippen molar-refractivity contribution in [1.82, 2.24) is 4.90 Å². The number of likely N-dealkylation sites (tertiary alicyclic amines) is 1. The van der Waals surface area contributed by atoms with Gasteiger partial charge in [-0.25, -0.2) is 0 Å². The molecule has 2 aliphatic rings. The molecule has 2 fully saturated rings. The lowest BCUT2D eigenvalue weighted by Crippen LogP contribution is -2.39. The van der Waals surface area contributed by atoms with Crippen LogP contribution in [0.3, 0.4) is 0 Å². The summed E-state index contributed by atoms with van der Waals surface area (Å²) in [7, 11) is 0. The Morgan fingerprint density at radius 2 is 1.50 bits per heavy atom. The first kappa shape index (κ1) is 21.5. The van der Waals surface area contributed by atoms with E-state index >= 15 is 0 Å². The molecule has 0 unspecified atom stereocenters. The van der Waals surface area contributed by atoms with Gasteiger partial charge in [0, 0.05) is 18.3 Å². The Bertz CT molecular complexity index is 842. The fourth-order valence-electron chi connectivity index (χ4n) is 3.89. The average Bonchev–Trinajstić information content (AvgIpc) is 2.94. The Kier molecular flexibility index (Phi) is 6.49. The van der Waals surface area contributed by atoms with Crippen LogP contribution in [-0.2, 0) is 28.7 Å². The van der Waals surface area contributed by atoms with Crippen LogP contribution in [0.1, 0.15) is 39.5 Å². The summed E-state index contributed by atoms with van der Waals surface area (Å²) in [5, 5.41) is 5.22. The molecule has 1 saturated heterocycles. The number of rotatable bonds is 6. The van der Waals surface area contributed by atoms with E-state index in [4.69, 9.17) is 4.74 Å². The van der Waals surface area contributed by atoms with Crippen molar-refractivity contribution in [3.63, 3.8) is 0 Å². The van der Waals surface area contributed by atoms with Gasteiger partial charge in [-0.3, -0.25) is 28.9 Å². The number of ether oxygens (including phenoxy) is 1. The molecule has 0 radical (unpaired) electrons. The third-order valence-electron chi connectivity index (χ3n) is 5.37. The fraction of sp³-hybridized carbons (Fsp3) is 0.476. The minimum atomic E-state index is -1.11. The topological polar surface area (TPSA) is 122 Å². The first-order valence-electron chi connectivity index (χ1n) is 9.99. The lowest BCUT2D eigenvalue weighted by Gasteiger charge is -2.19. The van der Waals surface area contributed by atoms with Gasteiger partial charge in [-0.05, 0) is 44.0 Å². The lowest BCUT2D eigenvalue weighted by atomic mass is 9.81. The SMILES string of the molecule is CC(=O)Nc1ccc(NC(=O)[C@@H](C)OC(=O)CN2C(=O)[C@H]3CCCC[C@@H]3C2=O)cc1. The summed E-state index contributed by atoms with van der Waals surface area (Å²) in [6, 6.07) is 6.44. The molecule has 3 atom stereocenters. The highest BCUT2D eigenvalue weighted by molar-refractivity contribution is 6.07. The number of carbonyl (C=O) groups excluding carboxylic acids is 5. The summed E-state index contributed by atoms with van der Waals surface area (Å²) < 4.78 is 5.12. The molecule has 4 amide bonds. The monoisotopic (exact) mass is 415 g/mol. The Hall–Kier alpha value is -3.23. The molecule has 3 rings (SSSR count). The van der Waals surface area contributed by atoms with Crippen LogP contribution in [0.5, 0.6) is 0 Å². The predicted molar refractivity (Wildman–Crippen MR) is 107 cm³/mol. The smallest absolute Gasteiger partial charge is 0.326 e. The molecule has 1 aliphatic carbocycles. The second-order valence-corrected chi connectivity index (χ2v) is 7.64. The number of nitrogens with one attached hydrogen (secondary N) is 2. The van der Waals surface area contributed by atoms with Gasteiger partial charge in [-0.1, -0.05) is 12.8 Å². The van der Waals surface area contributed by atoms with Crippen molar-refractivity contribution in [2.24, 2.45) is 11.8 Å². The van der Waals surface area contributed by atoms with E-state index in [9.17, 15) is 24.0 Å². The molecule has 0 spiro atoms. The van der Waals surface area contributed by atoms with Gasteiger partial charge in [0.25, 0.3) is 5.91 Å². The summed E-state index contributed by atoms with van der Waals surface area (Å²) in [6.45, 7) is 2.32. The van der Waals surface area contributed by atoms with Crippen LogP contribution in [-0.4, -0.2) is 47.1 Å². The highest BCUT2D eigenvalue weighted by Crippen LogP contribution is 2.37. The van der Waals surface area contributed by atoms with Crippen LogP contribution >= 0.6 is 0 Å². The Balaban J connectivity index is 1.51. The van der Waals surface area contributed by atoms with E-state index in [1.54, 1.807) is 24.3 Å². The van der Waals surface area contributed by atoms with Crippen LogP contribution in [0.2, 0.25) is 0 Å². The second-order valence-electron chi connectivity index (χ2n) is 7.64. The molecule has 1 aromatic carbocycles. The molecule has 1 saturated carbocycles. The highest BCUT2D eigenvalue weighted by atomic mass is 16.5. The van der Waals surface area contributed by atoms with Gasteiger partial charge in [-0.2, -0.15) is 0 Å². The maximum Gasteiger partial charge on any atom is 0.326 e. The largest absolute Gasteiger partial charge is 0.451 e. The van der Waals surface area contributed by atoms with E-state index in [0.29, 0.717) is 24.2 Å². The quantitative estimate of drug-likeness (QED) is 0.539. The number of anilines is 2. The highest BCUT2D eigenvalue weighted by Gasteiger charge is 2.48. The van der Waals surface area contributed by atoms with E-state index in [0.717, 1.165) is 17.7 Å². The van der Waals surface area contributed by atoms with Crippen LogP contribution in [0.4, 0.5) is 11.4 Å². The number of benzene rings is 1. The zero-order chi connectivity index (χ0) is 21.8. The molecule has 0 aromatic heterocycles. The number of hydrogen-bond acceptors (Lipinski definition) is 6. The molecule has 9 nitrogen and oxygen atoms in total. The van der Waals surface area contributed by atoms with E-state index in [1.165, 1.54) is 13.8 Å². The molecule has 1 aliphatic heterocycles. The molecular formula is C21H25N3O6. The van der Waals surface area contributed by atoms with E-state index in [1.807, 2.05) is 0 Å². The molecule has 9 heteroatoms. The Labute approximate surface area is 174 Å². The Morgan fingerprint density at radius 3 is 2.00 bits per heavy atom. The zero-order valence-electron chi connectivity index (χ0n) is 17.0. The summed E-state index contributed by atoms with van der Waals surface area (Å²) in [5.41, 5.74) is 1.05. The van der Waals surface area contributed by atoms with Crippen LogP contribution in [0, 0.1) is 11.8 Å². The second kappa shape index (κ2) is 9.06. The summed E-state index contributed by atoms with van der Waals surface area (Å²) in [4.78, 5) is 61.4. The number of amides is 4. The summed E-state index contributed by atoms with van der Waals surface area (Å²) >= 11 is 0. The molecule has 1 aromatic rings. The van der Waals surface area contributed by atoms with E-state index < -0.39 is 24.5 Å². The molecule has 30 heavy (non-hydrogen) atoms. The van der Waals surface area contributed by atoms with E-state index in [2.05, 4.69) is 10.6 Å². The minimum absolute atomic E-state index is 0.207. The molecule has 0 bridgehead atoms. The van der Waals surface area contributed by atoms with Gasteiger partial charge < -0.3 is 15.4 Å². The van der Waals surface area contributed by atoms with Crippen molar-refractivity contribution in [3.05, 3.63) is 24.3 Å². The van der Waals surface area contributed by atoms with Gasteiger partial charge in [0.05, 0.1) is 11.8 Å². The first-order valence-corrected chi connectivity index (χ1v) is 9.99. The summed E-state index contributed by atoms with van der Waals surface area (Å²) in [6.07, 6.45) is 2.03. The number of hydrogen-bond donors (Lipinski definition) is 2. The van der Waals surface area contributed by atoms with Crippen molar-refractivity contribution >= 4 is 41.0 Å².